The van der Waals surface area contributed by atoms with E-state index in [1.807, 2.05) is 6.07 Å². The number of Topliss-reactive ketones (excluding diaryl/α,β-unsaturated/α-hetero) is 1. The zero-order chi connectivity index (χ0) is 14.4. The quantitative estimate of drug-likeness (QED) is 0.799. The Hall–Kier alpha value is -1.13. The van der Waals surface area contributed by atoms with Crippen molar-refractivity contribution in [2.24, 2.45) is 0 Å². The standard InChI is InChI=1S/C16H23BN2O/c1-13(20)16-15(18-17)10-6-12-19(16)11-5-9-14-7-3-2-4-8-14/h2-4,7-8,15-16,18H,5-6,9-12H2,1H3/t15-,16+/m1/s1. The minimum absolute atomic E-state index is 0.0653. The number of hydrogen-bond donors (Lipinski definition) is 1. The van der Waals surface area contributed by atoms with Crippen LogP contribution in [0.5, 0.6) is 0 Å². The molecule has 1 aliphatic rings. The Kier molecular flexibility index (Phi) is 5.80. The lowest BCUT2D eigenvalue weighted by Crippen LogP contribution is -2.56. The number of carbonyl (C=O) groups is 1. The van der Waals surface area contributed by atoms with Crippen molar-refractivity contribution in [2.75, 3.05) is 13.1 Å². The third-order valence-corrected chi connectivity index (χ3v) is 4.12. The molecule has 1 aromatic carbocycles. The van der Waals surface area contributed by atoms with Crippen molar-refractivity contribution in [3.05, 3.63) is 35.9 Å². The van der Waals surface area contributed by atoms with E-state index in [0.717, 1.165) is 38.8 Å². The lowest BCUT2D eigenvalue weighted by atomic mass is 9.91. The van der Waals surface area contributed by atoms with Crippen molar-refractivity contribution in [3.8, 4) is 0 Å². The highest BCUT2D eigenvalue weighted by Crippen LogP contribution is 2.19. The fourth-order valence-electron chi connectivity index (χ4n) is 3.16. The number of nitrogens with zero attached hydrogens (tertiary/aromatic N) is 1. The van der Waals surface area contributed by atoms with Gasteiger partial charge in [0, 0.05) is 6.04 Å². The van der Waals surface area contributed by atoms with E-state index in [-0.39, 0.29) is 17.9 Å². The van der Waals surface area contributed by atoms with Crippen LogP contribution in [0.2, 0.25) is 0 Å². The zero-order valence-corrected chi connectivity index (χ0v) is 12.2. The minimum atomic E-state index is -0.0653. The van der Waals surface area contributed by atoms with Crippen LogP contribution >= 0.6 is 0 Å². The molecule has 0 spiro atoms. The molecule has 1 heterocycles. The second-order valence-electron chi connectivity index (χ2n) is 5.60. The second kappa shape index (κ2) is 7.60. The van der Waals surface area contributed by atoms with Gasteiger partial charge in [0.2, 0.25) is 0 Å². The van der Waals surface area contributed by atoms with Crippen molar-refractivity contribution >= 4 is 13.8 Å². The molecular formula is C16H23BN2O. The van der Waals surface area contributed by atoms with Gasteiger partial charge in [0.1, 0.15) is 5.78 Å². The van der Waals surface area contributed by atoms with E-state index in [1.165, 1.54) is 5.56 Å². The maximum atomic E-state index is 11.9. The number of ketones is 1. The van der Waals surface area contributed by atoms with Crippen molar-refractivity contribution in [1.29, 1.82) is 0 Å². The normalized spacial score (nSPS) is 23.6. The molecule has 0 unspecified atom stereocenters. The Labute approximate surface area is 123 Å². The first-order valence-electron chi connectivity index (χ1n) is 7.47. The van der Waals surface area contributed by atoms with Gasteiger partial charge in [-0.05, 0) is 51.3 Å². The summed E-state index contributed by atoms with van der Waals surface area (Å²) in [5.74, 6) is 0.215. The van der Waals surface area contributed by atoms with Gasteiger partial charge in [0.15, 0.2) is 7.98 Å². The maximum absolute atomic E-state index is 11.9. The van der Waals surface area contributed by atoms with Gasteiger partial charge in [-0.15, -0.1) is 0 Å². The summed E-state index contributed by atoms with van der Waals surface area (Å²) in [6.07, 6.45) is 4.22. The predicted octanol–water partition coefficient (Wildman–Crippen LogP) is 1.71. The van der Waals surface area contributed by atoms with Gasteiger partial charge in [-0.3, -0.25) is 9.69 Å². The molecule has 0 bridgehead atoms. The summed E-state index contributed by atoms with van der Waals surface area (Å²) in [5.41, 5.74) is 1.36. The van der Waals surface area contributed by atoms with E-state index in [2.05, 4.69) is 34.4 Å². The topological polar surface area (TPSA) is 32.3 Å². The molecule has 0 aliphatic carbocycles. The molecule has 0 amide bonds. The number of aryl methyl sites for hydroxylation is 1. The molecule has 4 heteroatoms. The van der Waals surface area contributed by atoms with Crippen molar-refractivity contribution in [1.82, 2.24) is 10.1 Å². The lowest BCUT2D eigenvalue weighted by Gasteiger charge is -2.40. The molecule has 0 saturated carbocycles. The highest BCUT2D eigenvalue weighted by Gasteiger charge is 2.32. The number of nitrogens with one attached hydrogen (secondary N) is 1. The Morgan fingerprint density at radius 1 is 1.40 bits per heavy atom. The Morgan fingerprint density at radius 3 is 2.80 bits per heavy atom. The molecule has 1 saturated heterocycles. The first-order chi connectivity index (χ1) is 9.72. The van der Waals surface area contributed by atoms with Crippen LogP contribution in [0.25, 0.3) is 0 Å². The first kappa shape index (κ1) is 15.3. The van der Waals surface area contributed by atoms with E-state index in [9.17, 15) is 4.79 Å². The van der Waals surface area contributed by atoms with Crippen molar-refractivity contribution in [3.63, 3.8) is 0 Å². The summed E-state index contributed by atoms with van der Waals surface area (Å²) in [4.78, 5) is 14.2. The molecule has 2 atom stereocenters. The summed E-state index contributed by atoms with van der Waals surface area (Å²) in [5, 5.41) is 2.81. The molecule has 1 N–H and O–H groups in total. The van der Waals surface area contributed by atoms with Crippen LogP contribution in [0.15, 0.2) is 30.3 Å². The van der Waals surface area contributed by atoms with Crippen LogP contribution in [0.4, 0.5) is 0 Å². The van der Waals surface area contributed by atoms with Crippen LogP contribution in [0.1, 0.15) is 31.7 Å². The van der Waals surface area contributed by atoms with E-state index >= 15 is 0 Å². The maximum Gasteiger partial charge on any atom is 0.178 e. The third-order valence-electron chi connectivity index (χ3n) is 4.12. The molecule has 1 aromatic rings. The number of hydrogen-bond acceptors (Lipinski definition) is 3. The zero-order valence-electron chi connectivity index (χ0n) is 12.2. The average Bonchev–Trinajstić information content (AvgIpc) is 2.47. The Morgan fingerprint density at radius 2 is 2.15 bits per heavy atom. The van der Waals surface area contributed by atoms with Gasteiger partial charge in [0.05, 0.1) is 6.04 Å². The molecular weight excluding hydrogens is 247 g/mol. The molecule has 1 fully saturated rings. The van der Waals surface area contributed by atoms with Gasteiger partial charge in [-0.2, -0.15) is 0 Å². The Bertz CT molecular complexity index is 424. The van der Waals surface area contributed by atoms with Gasteiger partial charge < -0.3 is 5.23 Å². The molecule has 2 rings (SSSR count). The van der Waals surface area contributed by atoms with Crippen LogP contribution in [0.3, 0.4) is 0 Å². The number of likely N-dealkylation sites (tertiary alicyclic amines) is 1. The molecule has 0 aromatic heterocycles. The summed E-state index contributed by atoms with van der Waals surface area (Å²) >= 11 is 0. The highest BCUT2D eigenvalue weighted by atomic mass is 16.1. The van der Waals surface area contributed by atoms with E-state index in [0.29, 0.717) is 0 Å². The number of benzene rings is 1. The van der Waals surface area contributed by atoms with Crippen molar-refractivity contribution < 1.29 is 4.79 Å². The predicted molar refractivity (Wildman–Crippen MR) is 82.7 cm³/mol. The fraction of sp³-hybridized carbons (Fsp3) is 0.562. The SMILES string of the molecule is [B]N[C@@H]1CCCN(CCCc2ccccc2)[C@H]1C(C)=O. The summed E-state index contributed by atoms with van der Waals surface area (Å²) in [6.45, 7) is 3.62. The largest absolute Gasteiger partial charge is 0.362 e. The van der Waals surface area contributed by atoms with Crippen LogP contribution in [-0.4, -0.2) is 43.8 Å². The molecule has 106 valence electrons. The minimum Gasteiger partial charge on any atom is -0.362 e. The number of piperidine rings is 1. The molecule has 2 radical (unpaired) electrons. The molecule has 20 heavy (non-hydrogen) atoms. The van der Waals surface area contributed by atoms with Crippen LogP contribution in [-0.2, 0) is 11.2 Å². The number of rotatable bonds is 6. The molecule has 1 aliphatic heterocycles. The van der Waals surface area contributed by atoms with Gasteiger partial charge in [0.25, 0.3) is 0 Å². The monoisotopic (exact) mass is 270 g/mol. The lowest BCUT2D eigenvalue weighted by molar-refractivity contribution is -0.124. The highest BCUT2D eigenvalue weighted by molar-refractivity contribution is 6.05. The number of carbonyl (C=O) groups excluding carboxylic acids is 1. The van der Waals surface area contributed by atoms with E-state index in [1.54, 1.807) is 6.92 Å². The van der Waals surface area contributed by atoms with Gasteiger partial charge in [-0.25, -0.2) is 0 Å². The Balaban J connectivity index is 1.88. The van der Waals surface area contributed by atoms with E-state index in [4.69, 9.17) is 7.98 Å². The van der Waals surface area contributed by atoms with Gasteiger partial charge >= 0.3 is 0 Å². The summed E-state index contributed by atoms with van der Waals surface area (Å²) in [6, 6.07) is 10.5. The van der Waals surface area contributed by atoms with Gasteiger partial charge in [-0.1, -0.05) is 30.3 Å². The van der Waals surface area contributed by atoms with Crippen molar-refractivity contribution in [2.45, 2.75) is 44.7 Å². The second-order valence-corrected chi connectivity index (χ2v) is 5.60. The fourth-order valence-corrected chi connectivity index (χ4v) is 3.16. The van der Waals surface area contributed by atoms with Crippen LogP contribution in [0, 0.1) is 0 Å². The summed E-state index contributed by atoms with van der Waals surface area (Å²) in [7, 11) is 5.58. The summed E-state index contributed by atoms with van der Waals surface area (Å²) < 4.78 is 0. The van der Waals surface area contributed by atoms with E-state index < -0.39 is 0 Å². The van der Waals surface area contributed by atoms with Crippen LogP contribution < -0.4 is 5.23 Å². The first-order valence-corrected chi connectivity index (χ1v) is 7.47. The molecule has 3 nitrogen and oxygen atoms in total. The third kappa shape index (κ3) is 3.93. The smallest absolute Gasteiger partial charge is 0.178 e. The average molecular weight is 270 g/mol.